The van der Waals surface area contributed by atoms with Crippen LogP contribution in [0.5, 0.6) is 0 Å². The molecule has 1 aromatic carbocycles. The summed E-state index contributed by atoms with van der Waals surface area (Å²) in [6.07, 6.45) is 2.75. The summed E-state index contributed by atoms with van der Waals surface area (Å²) in [7, 11) is 2.88. The number of alkyl carbamates (subject to hydrolysis) is 1. The molecule has 4 atom stereocenters. The van der Waals surface area contributed by atoms with Crippen LogP contribution in [0.4, 0.5) is 28.4 Å². The summed E-state index contributed by atoms with van der Waals surface area (Å²) in [5.41, 5.74) is -1.31. The highest BCUT2D eigenvalue weighted by Gasteiger charge is 2.42. The maximum Gasteiger partial charge on any atom is 0.409 e. The highest BCUT2D eigenvalue weighted by atomic mass is 19.1. The first-order chi connectivity index (χ1) is 21.2. The third kappa shape index (κ3) is 7.70. The molecule has 2 aromatic heterocycles. The Labute approximate surface area is 259 Å². The van der Waals surface area contributed by atoms with E-state index in [9.17, 15) is 27.6 Å². The lowest BCUT2D eigenvalue weighted by Crippen LogP contribution is -2.58. The predicted molar refractivity (Wildman–Crippen MR) is 160 cm³/mol. The van der Waals surface area contributed by atoms with Crippen molar-refractivity contribution in [1.82, 2.24) is 20.2 Å². The second-order valence-electron chi connectivity index (χ2n) is 12.0. The number of methoxy groups -OCH3 is 1. The Morgan fingerprint density at radius 1 is 1.00 bits per heavy atom. The molecule has 10 nitrogen and oxygen atoms in total. The molecule has 0 bridgehead atoms. The lowest BCUT2D eigenvalue weighted by Gasteiger charge is -2.45. The van der Waals surface area contributed by atoms with Crippen LogP contribution in [0.15, 0.2) is 48.8 Å². The van der Waals surface area contributed by atoms with E-state index in [0.717, 1.165) is 30.3 Å². The van der Waals surface area contributed by atoms with E-state index < -0.39 is 64.5 Å². The van der Waals surface area contributed by atoms with Crippen molar-refractivity contribution in [3.8, 4) is 11.3 Å². The van der Waals surface area contributed by atoms with Gasteiger partial charge in [-0.25, -0.2) is 27.7 Å². The van der Waals surface area contributed by atoms with Gasteiger partial charge in [-0.2, -0.15) is 0 Å². The van der Waals surface area contributed by atoms with Gasteiger partial charge in [-0.15, -0.1) is 0 Å². The van der Waals surface area contributed by atoms with Crippen molar-refractivity contribution in [3.63, 3.8) is 0 Å². The minimum absolute atomic E-state index is 0.138. The number of hydrogen-bond acceptors (Lipinski definition) is 7. The first kappa shape index (κ1) is 33.2. The number of rotatable bonds is 6. The van der Waals surface area contributed by atoms with Crippen LogP contribution in [0.25, 0.3) is 11.3 Å². The molecule has 2 heterocycles. The third-order valence-electron chi connectivity index (χ3n) is 7.62. The molecule has 1 aliphatic carbocycles. The molecule has 2 N–H and O–H groups in total. The van der Waals surface area contributed by atoms with E-state index in [0.29, 0.717) is 24.1 Å². The number of amides is 3. The number of hydrogen-bond donors (Lipinski definition) is 2. The fourth-order valence-corrected chi connectivity index (χ4v) is 5.82. The number of halogens is 3. The van der Waals surface area contributed by atoms with Gasteiger partial charge in [0.1, 0.15) is 34.4 Å². The van der Waals surface area contributed by atoms with Gasteiger partial charge in [0, 0.05) is 13.2 Å². The largest absolute Gasteiger partial charge is 0.453 e. The highest BCUT2D eigenvalue weighted by Crippen LogP contribution is 2.41. The van der Waals surface area contributed by atoms with Crippen molar-refractivity contribution in [3.05, 3.63) is 77.5 Å². The molecule has 0 radical (unpaired) electrons. The molecule has 3 aromatic rings. The number of ether oxygens (including phenoxy) is 2. The van der Waals surface area contributed by atoms with Gasteiger partial charge in [-0.3, -0.25) is 9.78 Å². The van der Waals surface area contributed by atoms with Crippen molar-refractivity contribution < 1.29 is 37.0 Å². The van der Waals surface area contributed by atoms with Crippen LogP contribution < -0.4 is 10.6 Å². The van der Waals surface area contributed by atoms with E-state index in [4.69, 9.17) is 9.47 Å². The number of aromatic nitrogens is 2. The standard InChI is InChI=1S/C32H36F3N5O5/c1-17-14-18(15-24(28(17)40(5)31(43)44-6)39-30(42)45-32(2,3)4)19-12-13-36-16-25(19)38-29(41)23-11-10-22(35)27(37-23)26-20(33)8-7-9-21(26)34/h7-13,16-18,24,28H,14-15H2,1-6H3,(H,38,41)(H,39,42). The molecule has 0 spiro atoms. The van der Waals surface area contributed by atoms with Gasteiger partial charge >= 0.3 is 12.2 Å². The Bertz CT molecular complexity index is 1560. The summed E-state index contributed by atoms with van der Waals surface area (Å²) in [6.45, 7) is 7.18. The molecule has 1 aliphatic rings. The van der Waals surface area contributed by atoms with Crippen LogP contribution in [-0.4, -0.2) is 64.8 Å². The van der Waals surface area contributed by atoms with Crippen LogP contribution >= 0.6 is 0 Å². The summed E-state index contributed by atoms with van der Waals surface area (Å²) in [5.74, 6) is -4.15. The number of anilines is 1. The van der Waals surface area contributed by atoms with Crippen LogP contribution in [0, 0.1) is 23.4 Å². The van der Waals surface area contributed by atoms with Crippen molar-refractivity contribution in [1.29, 1.82) is 0 Å². The molecular formula is C32H36F3N5O5. The predicted octanol–water partition coefficient (Wildman–Crippen LogP) is 6.29. The molecule has 45 heavy (non-hydrogen) atoms. The zero-order chi connectivity index (χ0) is 33.1. The van der Waals surface area contributed by atoms with E-state index in [1.54, 1.807) is 40.1 Å². The number of nitrogens with zero attached hydrogens (tertiary/aromatic N) is 3. The van der Waals surface area contributed by atoms with Crippen LogP contribution in [0.1, 0.15) is 62.5 Å². The second kappa shape index (κ2) is 13.5. The lowest BCUT2D eigenvalue weighted by atomic mass is 9.72. The smallest absolute Gasteiger partial charge is 0.409 e. The molecule has 4 unspecified atom stereocenters. The lowest BCUT2D eigenvalue weighted by molar-refractivity contribution is 0.0357. The number of carbonyl (C=O) groups excluding carboxylic acids is 3. The van der Waals surface area contributed by atoms with Gasteiger partial charge in [0.25, 0.3) is 5.91 Å². The minimum atomic E-state index is -1.02. The molecular weight excluding hydrogens is 591 g/mol. The molecule has 0 saturated heterocycles. The van der Waals surface area contributed by atoms with Crippen molar-refractivity contribution >= 4 is 23.8 Å². The Balaban J connectivity index is 1.63. The zero-order valence-electron chi connectivity index (χ0n) is 25.9. The van der Waals surface area contributed by atoms with Gasteiger partial charge < -0.3 is 25.0 Å². The van der Waals surface area contributed by atoms with E-state index in [2.05, 4.69) is 20.6 Å². The molecule has 3 amide bonds. The monoisotopic (exact) mass is 627 g/mol. The van der Waals surface area contributed by atoms with Crippen LogP contribution in [-0.2, 0) is 9.47 Å². The third-order valence-corrected chi connectivity index (χ3v) is 7.62. The maximum absolute atomic E-state index is 14.6. The van der Waals surface area contributed by atoms with Gasteiger partial charge in [0.2, 0.25) is 0 Å². The fourth-order valence-electron chi connectivity index (χ4n) is 5.82. The summed E-state index contributed by atoms with van der Waals surface area (Å²) in [5, 5.41) is 5.66. The first-order valence-electron chi connectivity index (χ1n) is 14.4. The Morgan fingerprint density at radius 3 is 2.33 bits per heavy atom. The van der Waals surface area contributed by atoms with Crippen molar-refractivity contribution in [2.75, 3.05) is 19.5 Å². The molecule has 240 valence electrons. The van der Waals surface area contributed by atoms with Crippen molar-refractivity contribution in [2.24, 2.45) is 5.92 Å². The van der Waals surface area contributed by atoms with E-state index >= 15 is 0 Å². The fraction of sp³-hybridized carbons (Fsp3) is 0.406. The maximum atomic E-state index is 14.6. The SMILES string of the molecule is COC(=O)N(C)C1C(C)CC(c2ccncc2NC(=O)c2ccc(F)c(-c3c(F)cccc3F)n2)CC1NC(=O)OC(C)(C)C. The molecule has 1 fully saturated rings. The first-order valence-corrected chi connectivity index (χ1v) is 14.4. The molecule has 1 saturated carbocycles. The van der Waals surface area contributed by atoms with Crippen molar-refractivity contribution in [2.45, 2.75) is 64.1 Å². The quantitative estimate of drug-likeness (QED) is 0.330. The molecule has 0 aliphatic heterocycles. The summed E-state index contributed by atoms with van der Waals surface area (Å²) in [6, 6.07) is 5.87. The average molecular weight is 628 g/mol. The van der Waals surface area contributed by atoms with Gasteiger partial charge in [-0.1, -0.05) is 13.0 Å². The highest BCUT2D eigenvalue weighted by molar-refractivity contribution is 6.03. The van der Waals surface area contributed by atoms with Gasteiger partial charge in [0.15, 0.2) is 0 Å². The summed E-state index contributed by atoms with van der Waals surface area (Å²) >= 11 is 0. The topological polar surface area (TPSA) is 123 Å². The van der Waals surface area contributed by atoms with E-state index in [-0.39, 0.29) is 17.5 Å². The molecule has 13 heteroatoms. The number of pyridine rings is 2. The van der Waals surface area contributed by atoms with Crippen LogP contribution in [0.3, 0.4) is 0 Å². The summed E-state index contributed by atoms with van der Waals surface area (Å²) in [4.78, 5) is 48.2. The number of carbonyl (C=O) groups is 3. The van der Waals surface area contributed by atoms with E-state index in [1.165, 1.54) is 18.2 Å². The van der Waals surface area contributed by atoms with E-state index in [1.807, 2.05) is 6.92 Å². The summed E-state index contributed by atoms with van der Waals surface area (Å²) < 4.78 is 53.8. The number of benzene rings is 1. The number of likely N-dealkylation sites (N-methyl/N-ethyl adjacent to an activating group) is 1. The van der Waals surface area contributed by atoms with Gasteiger partial charge in [0.05, 0.1) is 36.6 Å². The zero-order valence-corrected chi connectivity index (χ0v) is 25.9. The molecule has 4 rings (SSSR count). The number of nitrogens with one attached hydrogen (secondary N) is 2. The average Bonchev–Trinajstić information content (AvgIpc) is 2.96. The second-order valence-corrected chi connectivity index (χ2v) is 12.0. The normalized spacial score (nSPS) is 19.8. The van der Waals surface area contributed by atoms with Gasteiger partial charge in [-0.05, 0) is 81.3 Å². The minimum Gasteiger partial charge on any atom is -0.453 e. The van der Waals surface area contributed by atoms with Crippen LogP contribution in [0.2, 0.25) is 0 Å². The Morgan fingerprint density at radius 2 is 1.69 bits per heavy atom. The Kier molecular flexibility index (Phi) is 9.99. The Hall–Kier alpha value is -4.68.